The molecule has 10 heteroatoms. The monoisotopic (exact) mass is 588 g/mol. The molecule has 6 rings (SSSR count). The quantitative estimate of drug-likeness (QED) is 0.243. The molecule has 0 aliphatic carbocycles. The van der Waals surface area contributed by atoms with Crippen molar-refractivity contribution in [2.24, 2.45) is 0 Å². The number of allylic oxidation sites excluding steroid dienone is 1. The van der Waals surface area contributed by atoms with Crippen LogP contribution in [-0.2, 0) is 27.3 Å². The molecule has 4 aromatic rings. The van der Waals surface area contributed by atoms with Crippen LogP contribution in [0.2, 0.25) is 5.02 Å². The third-order valence-electron chi connectivity index (χ3n) is 7.26. The van der Waals surface area contributed by atoms with Crippen LogP contribution in [0.3, 0.4) is 0 Å². The Bertz CT molecular complexity index is 1600. The molecule has 1 aromatic heterocycles. The van der Waals surface area contributed by atoms with Crippen molar-refractivity contribution >= 4 is 39.8 Å². The lowest BCUT2D eigenvalue weighted by molar-refractivity contribution is -0.116. The maximum atomic E-state index is 13.4. The smallest absolute Gasteiger partial charge is 0.159 e. The van der Waals surface area contributed by atoms with Crippen molar-refractivity contribution in [1.82, 2.24) is 14.9 Å². The van der Waals surface area contributed by atoms with Crippen LogP contribution in [0, 0.1) is 5.82 Å². The molecule has 2 unspecified atom stereocenters. The van der Waals surface area contributed by atoms with Crippen LogP contribution in [0.4, 0.5) is 15.9 Å². The minimum Gasteiger partial charge on any atom is -0.487 e. The average Bonchev–Trinajstić information content (AvgIpc) is 3.40. The Kier molecular flexibility index (Phi) is 8.71. The summed E-state index contributed by atoms with van der Waals surface area (Å²) in [7, 11) is 0. The van der Waals surface area contributed by atoms with E-state index in [0.717, 1.165) is 29.6 Å². The molecule has 2 fully saturated rings. The number of ether oxygens (including phenoxy) is 3. The van der Waals surface area contributed by atoms with E-state index in [1.807, 2.05) is 30.3 Å². The molecule has 0 amide bonds. The van der Waals surface area contributed by atoms with Gasteiger partial charge in [-0.05, 0) is 59.7 Å². The summed E-state index contributed by atoms with van der Waals surface area (Å²) >= 11 is 6.48. The summed E-state index contributed by atoms with van der Waals surface area (Å²) in [4.78, 5) is 23.8. The summed E-state index contributed by atoms with van der Waals surface area (Å²) in [5.74, 6) is 0.779. The molecule has 0 saturated carbocycles. The van der Waals surface area contributed by atoms with Gasteiger partial charge in [0.1, 0.15) is 30.3 Å². The SMILES string of the molecule is O=C(/C=C/CN1CC2OCCOC2C1)Cc1ccc2ncnc(Nc3ccc(OCc4cccc(F)c4)c(Cl)c3)c2c1. The molecule has 2 atom stereocenters. The molecule has 8 nitrogen and oxygen atoms in total. The number of likely N-dealkylation sites (tertiary alicyclic amines) is 1. The largest absolute Gasteiger partial charge is 0.487 e. The second-order valence-electron chi connectivity index (χ2n) is 10.3. The molecule has 0 radical (unpaired) electrons. The summed E-state index contributed by atoms with van der Waals surface area (Å²) in [5, 5.41) is 4.49. The molecule has 3 heterocycles. The van der Waals surface area contributed by atoms with Gasteiger partial charge in [0.25, 0.3) is 0 Å². The summed E-state index contributed by atoms with van der Waals surface area (Å²) in [5.41, 5.74) is 3.03. The average molecular weight is 589 g/mol. The highest BCUT2D eigenvalue weighted by Gasteiger charge is 2.35. The van der Waals surface area contributed by atoms with E-state index >= 15 is 0 Å². The van der Waals surface area contributed by atoms with Crippen molar-refractivity contribution in [3.05, 3.63) is 101 Å². The standard InChI is InChI=1S/C32H30ClFN4O4/c33-27-16-24(7-9-29(27)42-19-22-3-1-4-23(34)13-22)37-32-26-15-21(6-8-28(26)35-20-36-32)14-25(39)5-2-10-38-17-30-31(18-38)41-12-11-40-30/h1-9,13,15-16,20,30-31H,10-12,14,17-19H2,(H,35,36,37)/b5-2+. The van der Waals surface area contributed by atoms with Crippen LogP contribution in [0.25, 0.3) is 10.9 Å². The number of rotatable bonds is 10. The number of hydrogen-bond acceptors (Lipinski definition) is 8. The lowest BCUT2D eigenvalue weighted by Gasteiger charge is -2.24. The minimum absolute atomic E-state index is 0.0189. The Balaban J connectivity index is 1.08. The fourth-order valence-electron chi connectivity index (χ4n) is 5.21. The lowest BCUT2D eigenvalue weighted by Crippen LogP contribution is -2.36. The number of benzene rings is 3. The molecular formula is C32H30ClFN4O4. The second-order valence-corrected chi connectivity index (χ2v) is 10.8. The minimum atomic E-state index is -0.316. The summed E-state index contributed by atoms with van der Waals surface area (Å²) in [6, 6.07) is 17.3. The number of hydrogen-bond donors (Lipinski definition) is 1. The Labute approximate surface area is 248 Å². The van der Waals surface area contributed by atoms with E-state index < -0.39 is 0 Å². The number of nitrogens with one attached hydrogen (secondary N) is 1. The van der Waals surface area contributed by atoms with Gasteiger partial charge in [-0.3, -0.25) is 9.69 Å². The number of aromatic nitrogens is 2. The first-order chi connectivity index (χ1) is 20.5. The van der Waals surface area contributed by atoms with Crippen LogP contribution < -0.4 is 10.1 Å². The summed E-state index contributed by atoms with van der Waals surface area (Å²) in [6.07, 6.45) is 5.56. The molecule has 0 bridgehead atoms. The fraction of sp³-hybridized carbons (Fsp3) is 0.281. The Morgan fingerprint density at radius 2 is 1.88 bits per heavy atom. The molecule has 2 saturated heterocycles. The molecule has 216 valence electrons. The van der Waals surface area contributed by atoms with Gasteiger partial charge >= 0.3 is 0 Å². The van der Waals surface area contributed by atoms with E-state index in [9.17, 15) is 9.18 Å². The maximum absolute atomic E-state index is 13.4. The van der Waals surface area contributed by atoms with Gasteiger partial charge in [0.2, 0.25) is 0 Å². The van der Waals surface area contributed by atoms with E-state index in [1.54, 1.807) is 30.3 Å². The second kappa shape index (κ2) is 13.0. The van der Waals surface area contributed by atoms with Crippen LogP contribution in [-0.4, -0.2) is 65.7 Å². The van der Waals surface area contributed by atoms with Gasteiger partial charge in [-0.15, -0.1) is 0 Å². The van der Waals surface area contributed by atoms with Crippen LogP contribution >= 0.6 is 11.6 Å². The Hall–Kier alpha value is -3.89. The number of carbonyl (C=O) groups is 1. The highest BCUT2D eigenvalue weighted by Crippen LogP contribution is 2.31. The van der Waals surface area contributed by atoms with Gasteiger partial charge in [0, 0.05) is 37.1 Å². The van der Waals surface area contributed by atoms with Gasteiger partial charge in [-0.2, -0.15) is 0 Å². The first-order valence-corrected chi connectivity index (χ1v) is 14.2. The molecule has 2 aliphatic heterocycles. The van der Waals surface area contributed by atoms with Crippen molar-refractivity contribution in [2.45, 2.75) is 25.2 Å². The number of anilines is 2. The van der Waals surface area contributed by atoms with Gasteiger partial charge in [0.05, 0.1) is 36.0 Å². The van der Waals surface area contributed by atoms with Crippen molar-refractivity contribution in [1.29, 1.82) is 0 Å². The van der Waals surface area contributed by atoms with Crippen LogP contribution in [0.5, 0.6) is 5.75 Å². The Morgan fingerprint density at radius 1 is 1.05 bits per heavy atom. The third-order valence-corrected chi connectivity index (χ3v) is 7.56. The third kappa shape index (κ3) is 6.94. The van der Waals surface area contributed by atoms with E-state index in [0.29, 0.717) is 47.6 Å². The number of nitrogens with zero attached hydrogens (tertiary/aromatic N) is 3. The zero-order valence-electron chi connectivity index (χ0n) is 22.8. The topological polar surface area (TPSA) is 85.8 Å². The zero-order valence-corrected chi connectivity index (χ0v) is 23.6. The number of fused-ring (bicyclic) bond motifs is 2. The highest BCUT2D eigenvalue weighted by molar-refractivity contribution is 6.32. The van der Waals surface area contributed by atoms with Gasteiger partial charge < -0.3 is 19.5 Å². The molecular weight excluding hydrogens is 559 g/mol. The molecule has 3 aromatic carbocycles. The van der Waals surface area contributed by atoms with Crippen LogP contribution in [0.15, 0.2) is 79.1 Å². The van der Waals surface area contributed by atoms with E-state index in [1.165, 1.54) is 18.5 Å². The van der Waals surface area contributed by atoms with Crippen LogP contribution in [0.1, 0.15) is 11.1 Å². The molecule has 2 aliphatic rings. The predicted molar refractivity (Wildman–Crippen MR) is 159 cm³/mol. The molecule has 1 N–H and O–H groups in total. The fourth-order valence-corrected chi connectivity index (χ4v) is 5.45. The van der Waals surface area contributed by atoms with E-state index in [2.05, 4.69) is 20.2 Å². The normalized spacial score (nSPS) is 18.8. The highest BCUT2D eigenvalue weighted by atomic mass is 35.5. The zero-order chi connectivity index (χ0) is 28.9. The van der Waals surface area contributed by atoms with Crippen molar-refractivity contribution in [2.75, 3.05) is 38.2 Å². The van der Waals surface area contributed by atoms with E-state index in [-0.39, 0.29) is 36.8 Å². The van der Waals surface area contributed by atoms with Gasteiger partial charge in [0.15, 0.2) is 5.78 Å². The molecule has 42 heavy (non-hydrogen) atoms. The van der Waals surface area contributed by atoms with Gasteiger partial charge in [-0.1, -0.05) is 35.9 Å². The maximum Gasteiger partial charge on any atom is 0.159 e. The molecule has 0 spiro atoms. The van der Waals surface area contributed by atoms with Gasteiger partial charge in [-0.25, -0.2) is 14.4 Å². The van der Waals surface area contributed by atoms with Crippen molar-refractivity contribution in [3.8, 4) is 5.75 Å². The summed E-state index contributed by atoms with van der Waals surface area (Å²) in [6.45, 7) is 3.80. The van der Waals surface area contributed by atoms with Crippen molar-refractivity contribution < 1.29 is 23.4 Å². The first kappa shape index (κ1) is 28.2. The predicted octanol–water partition coefficient (Wildman–Crippen LogP) is 5.51. The summed E-state index contributed by atoms with van der Waals surface area (Å²) < 4.78 is 30.8. The number of carbonyl (C=O) groups excluding carboxylic acids is 1. The first-order valence-electron chi connectivity index (χ1n) is 13.8. The van der Waals surface area contributed by atoms with E-state index in [4.69, 9.17) is 25.8 Å². The number of ketones is 1. The lowest BCUT2D eigenvalue weighted by atomic mass is 10.1. The number of halogens is 2. The van der Waals surface area contributed by atoms with Crippen molar-refractivity contribution in [3.63, 3.8) is 0 Å². The Morgan fingerprint density at radius 3 is 2.67 bits per heavy atom.